The topological polar surface area (TPSA) is 25.8 Å². The minimum atomic E-state index is 0.493. The van der Waals surface area contributed by atoms with E-state index >= 15 is 0 Å². The van der Waals surface area contributed by atoms with Gasteiger partial charge in [0.05, 0.1) is 5.69 Å². The minimum absolute atomic E-state index is 0.493. The van der Waals surface area contributed by atoms with E-state index in [0.29, 0.717) is 11.8 Å². The van der Waals surface area contributed by atoms with Gasteiger partial charge in [-0.05, 0) is 43.1 Å². The predicted octanol–water partition coefficient (Wildman–Crippen LogP) is 3.98. The molecule has 1 aromatic rings. The van der Waals surface area contributed by atoms with Gasteiger partial charge in [-0.1, -0.05) is 27.7 Å². The summed E-state index contributed by atoms with van der Waals surface area (Å²) in [5.41, 5.74) is 3.82. The molecule has 94 valence electrons. The lowest BCUT2D eigenvalue weighted by Crippen LogP contribution is -2.11. The Morgan fingerprint density at radius 2 is 1.71 bits per heavy atom. The van der Waals surface area contributed by atoms with Gasteiger partial charge in [-0.2, -0.15) is 0 Å². The summed E-state index contributed by atoms with van der Waals surface area (Å²) in [5.74, 6) is 2.94. The quantitative estimate of drug-likeness (QED) is 0.784. The van der Waals surface area contributed by atoms with Crippen LogP contribution in [0.25, 0.3) is 0 Å². The molecule has 0 saturated heterocycles. The molecule has 2 rings (SSSR count). The van der Waals surface area contributed by atoms with Crippen molar-refractivity contribution in [3.63, 3.8) is 0 Å². The largest absolute Gasteiger partial charge is 0.238 e. The summed E-state index contributed by atoms with van der Waals surface area (Å²) in [6.45, 7) is 11.1. The number of aromatic nitrogens is 2. The van der Waals surface area contributed by atoms with Gasteiger partial charge in [0.15, 0.2) is 0 Å². The van der Waals surface area contributed by atoms with Gasteiger partial charge in [0.25, 0.3) is 0 Å². The van der Waals surface area contributed by atoms with Crippen molar-refractivity contribution in [1.82, 2.24) is 9.97 Å². The van der Waals surface area contributed by atoms with E-state index in [0.717, 1.165) is 18.2 Å². The Labute approximate surface area is 105 Å². The van der Waals surface area contributed by atoms with E-state index in [-0.39, 0.29) is 0 Å². The summed E-state index contributed by atoms with van der Waals surface area (Å²) in [7, 11) is 0. The van der Waals surface area contributed by atoms with Gasteiger partial charge in [-0.3, -0.25) is 0 Å². The molecule has 0 unspecified atom stereocenters. The van der Waals surface area contributed by atoms with Crippen molar-refractivity contribution in [3.8, 4) is 0 Å². The van der Waals surface area contributed by atoms with Crippen molar-refractivity contribution in [1.29, 1.82) is 0 Å². The van der Waals surface area contributed by atoms with E-state index in [2.05, 4.69) is 34.6 Å². The third kappa shape index (κ3) is 2.85. The van der Waals surface area contributed by atoms with Crippen molar-refractivity contribution >= 4 is 0 Å². The third-order valence-corrected chi connectivity index (χ3v) is 3.50. The number of hydrogen-bond acceptors (Lipinski definition) is 2. The second-order valence-corrected chi connectivity index (χ2v) is 5.98. The molecule has 0 bridgehead atoms. The van der Waals surface area contributed by atoms with Crippen LogP contribution in [0.3, 0.4) is 0 Å². The molecule has 17 heavy (non-hydrogen) atoms. The SMILES string of the molecule is Cc1nc(CC2CC2)nc(C(C)C)c1C(C)C. The summed E-state index contributed by atoms with van der Waals surface area (Å²) >= 11 is 0. The van der Waals surface area contributed by atoms with Gasteiger partial charge >= 0.3 is 0 Å². The van der Waals surface area contributed by atoms with Crippen LogP contribution in [0.15, 0.2) is 0 Å². The molecule has 0 amide bonds. The van der Waals surface area contributed by atoms with E-state index in [9.17, 15) is 0 Å². The van der Waals surface area contributed by atoms with Crippen molar-refractivity contribution in [2.75, 3.05) is 0 Å². The maximum atomic E-state index is 4.82. The first kappa shape index (κ1) is 12.5. The normalized spacial score (nSPS) is 15.9. The first-order valence-electron chi connectivity index (χ1n) is 6.86. The predicted molar refractivity (Wildman–Crippen MR) is 71.4 cm³/mol. The first-order valence-corrected chi connectivity index (χ1v) is 6.86. The molecule has 1 aromatic heterocycles. The zero-order valence-corrected chi connectivity index (χ0v) is 11.7. The van der Waals surface area contributed by atoms with Gasteiger partial charge < -0.3 is 0 Å². The van der Waals surface area contributed by atoms with Crippen molar-refractivity contribution < 1.29 is 0 Å². The lowest BCUT2D eigenvalue weighted by Gasteiger charge is -2.18. The molecule has 0 spiro atoms. The van der Waals surface area contributed by atoms with Crippen LogP contribution in [0.2, 0.25) is 0 Å². The number of rotatable bonds is 4. The number of aryl methyl sites for hydroxylation is 1. The first-order chi connectivity index (χ1) is 7.99. The van der Waals surface area contributed by atoms with Crippen LogP contribution in [0.4, 0.5) is 0 Å². The Kier molecular flexibility index (Phi) is 3.50. The Morgan fingerprint density at radius 3 is 2.18 bits per heavy atom. The van der Waals surface area contributed by atoms with Gasteiger partial charge in [-0.15, -0.1) is 0 Å². The van der Waals surface area contributed by atoms with E-state index in [1.807, 2.05) is 0 Å². The molecular formula is C15H24N2. The molecule has 2 heteroatoms. The molecule has 0 N–H and O–H groups in total. The van der Waals surface area contributed by atoms with Crippen LogP contribution in [0, 0.1) is 12.8 Å². The highest BCUT2D eigenvalue weighted by Crippen LogP contribution is 2.33. The van der Waals surface area contributed by atoms with Crippen LogP contribution >= 0.6 is 0 Å². The maximum absolute atomic E-state index is 4.82. The molecule has 2 nitrogen and oxygen atoms in total. The highest BCUT2D eigenvalue weighted by atomic mass is 14.9. The monoisotopic (exact) mass is 232 g/mol. The molecule has 1 aliphatic rings. The lowest BCUT2D eigenvalue weighted by molar-refractivity contribution is 0.690. The average molecular weight is 232 g/mol. The fraction of sp³-hybridized carbons (Fsp3) is 0.733. The zero-order valence-electron chi connectivity index (χ0n) is 11.7. The second-order valence-electron chi connectivity index (χ2n) is 5.98. The molecule has 1 heterocycles. The Hall–Kier alpha value is -0.920. The van der Waals surface area contributed by atoms with Crippen molar-refractivity contribution in [3.05, 3.63) is 22.8 Å². The zero-order chi connectivity index (χ0) is 12.6. The summed E-state index contributed by atoms with van der Waals surface area (Å²) < 4.78 is 0. The van der Waals surface area contributed by atoms with Crippen LogP contribution in [0.5, 0.6) is 0 Å². The highest BCUT2D eigenvalue weighted by Gasteiger charge is 2.24. The highest BCUT2D eigenvalue weighted by molar-refractivity contribution is 5.30. The van der Waals surface area contributed by atoms with Gasteiger partial charge in [-0.25, -0.2) is 9.97 Å². The van der Waals surface area contributed by atoms with Crippen molar-refractivity contribution in [2.24, 2.45) is 5.92 Å². The van der Waals surface area contributed by atoms with Gasteiger partial charge in [0.1, 0.15) is 5.82 Å². The summed E-state index contributed by atoms with van der Waals surface area (Å²) in [6, 6.07) is 0. The minimum Gasteiger partial charge on any atom is -0.238 e. The summed E-state index contributed by atoms with van der Waals surface area (Å²) in [6.07, 6.45) is 3.82. The standard InChI is InChI=1S/C15H24N2/c1-9(2)14-11(5)16-13(8-12-6-7-12)17-15(14)10(3)4/h9-10,12H,6-8H2,1-5H3. The smallest absolute Gasteiger partial charge is 0.129 e. The molecule has 1 saturated carbocycles. The molecule has 0 radical (unpaired) electrons. The molecule has 1 aliphatic carbocycles. The molecular weight excluding hydrogens is 208 g/mol. The Balaban J connectivity index is 2.38. The maximum Gasteiger partial charge on any atom is 0.129 e. The van der Waals surface area contributed by atoms with Crippen molar-refractivity contribution in [2.45, 2.75) is 65.7 Å². The van der Waals surface area contributed by atoms with E-state index < -0.39 is 0 Å². The Morgan fingerprint density at radius 1 is 1.06 bits per heavy atom. The lowest BCUT2D eigenvalue weighted by atomic mass is 9.94. The fourth-order valence-electron chi connectivity index (χ4n) is 2.49. The number of nitrogens with zero attached hydrogens (tertiary/aromatic N) is 2. The van der Waals surface area contributed by atoms with Crippen LogP contribution in [0.1, 0.15) is 75.1 Å². The molecule has 0 atom stereocenters. The van der Waals surface area contributed by atoms with Crippen LogP contribution in [-0.2, 0) is 6.42 Å². The number of hydrogen-bond donors (Lipinski definition) is 0. The molecule has 0 aliphatic heterocycles. The van der Waals surface area contributed by atoms with Crippen LogP contribution in [-0.4, -0.2) is 9.97 Å². The molecule has 0 aromatic carbocycles. The fourth-order valence-corrected chi connectivity index (χ4v) is 2.49. The van der Waals surface area contributed by atoms with Gasteiger partial charge in [0, 0.05) is 12.1 Å². The second kappa shape index (κ2) is 4.75. The Bertz CT molecular complexity index is 404. The van der Waals surface area contributed by atoms with E-state index in [4.69, 9.17) is 9.97 Å². The summed E-state index contributed by atoms with van der Waals surface area (Å²) in [5, 5.41) is 0. The summed E-state index contributed by atoms with van der Waals surface area (Å²) in [4.78, 5) is 9.53. The molecule has 1 fully saturated rings. The van der Waals surface area contributed by atoms with Crippen LogP contribution < -0.4 is 0 Å². The van der Waals surface area contributed by atoms with E-state index in [1.165, 1.54) is 29.8 Å². The third-order valence-electron chi connectivity index (χ3n) is 3.50. The van der Waals surface area contributed by atoms with Gasteiger partial charge in [0.2, 0.25) is 0 Å². The average Bonchev–Trinajstić information content (AvgIpc) is 2.99. The van der Waals surface area contributed by atoms with E-state index in [1.54, 1.807) is 0 Å².